The smallest absolute Gasteiger partial charge is 0.191 e. The quantitative estimate of drug-likeness (QED) is 0.524. The van der Waals surface area contributed by atoms with E-state index in [1.165, 1.54) is 0 Å². The molecule has 24 heavy (non-hydrogen) atoms. The third-order valence-corrected chi connectivity index (χ3v) is 4.14. The molecular weight excluding hydrogens is 366 g/mol. The highest BCUT2D eigenvalue weighted by Gasteiger charge is 2.22. The van der Waals surface area contributed by atoms with Gasteiger partial charge in [-0.2, -0.15) is 0 Å². The Bertz CT molecular complexity index is 671. The molecule has 0 amide bonds. The maximum absolute atomic E-state index is 10.7. The van der Waals surface area contributed by atoms with E-state index in [1.54, 1.807) is 6.92 Å². The maximum atomic E-state index is 10.7. The van der Waals surface area contributed by atoms with Gasteiger partial charge in [-0.05, 0) is 37.1 Å². The van der Waals surface area contributed by atoms with E-state index < -0.39 is 5.60 Å². The molecule has 4 nitrogen and oxygen atoms in total. The van der Waals surface area contributed by atoms with Gasteiger partial charge in [-0.25, -0.2) is 4.99 Å². The van der Waals surface area contributed by atoms with Crippen LogP contribution < -0.4 is 10.6 Å². The van der Waals surface area contributed by atoms with E-state index in [4.69, 9.17) is 0 Å². The van der Waals surface area contributed by atoms with Crippen LogP contribution in [-0.2, 0) is 12.1 Å². The van der Waals surface area contributed by atoms with Crippen LogP contribution in [0.5, 0.6) is 0 Å². The molecular formula is C19H24BrN3O. The van der Waals surface area contributed by atoms with Gasteiger partial charge in [0.25, 0.3) is 0 Å². The second kappa shape index (κ2) is 8.85. The number of guanidine groups is 1. The molecule has 0 aliphatic carbocycles. The zero-order valence-electron chi connectivity index (χ0n) is 14.1. The first-order chi connectivity index (χ1) is 11.5. The average Bonchev–Trinajstić information content (AvgIpc) is 2.58. The molecule has 0 aromatic heterocycles. The minimum Gasteiger partial charge on any atom is -0.384 e. The normalized spacial score (nSPS) is 14.1. The fourth-order valence-electron chi connectivity index (χ4n) is 2.30. The molecule has 1 unspecified atom stereocenters. The highest BCUT2D eigenvalue weighted by atomic mass is 79.9. The summed E-state index contributed by atoms with van der Waals surface area (Å²) in [7, 11) is 0. The summed E-state index contributed by atoms with van der Waals surface area (Å²) < 4.78 is 1.04. The van der Waals surface area contributed by atoms with Crippen molar-refractivity contribution in [2.75, 3.05) is 13.1 Å². The Balaban J connectivity index is 2.01. The molecule has 0 saturated heterocycles. The van der Waals surface area contributed by atoms with Gasteiger partial charge in [0.1, 0.15) is 5.60 Å². The number of hydrogen-bond acceptors (Lipinski definition) is 2. The van der Waals surface area contributed by atoms with Crippen molar-refractivity contribution < 1.29 is 5.11 Å². The van der Waals surface area contributed by atoms with Gasteiger partial charge in [0.15, 0.2) is 5.96 Å². The molecule has 0 bridgehead atoms. The molecule has 2 aromatic rings. The molecule has 0 heterocycles. The van der Waals surface area contributed by atoms with Crippen LogP contribution in [0.15, 0.2) is 64.1 Å². The predicted octanol–water partition coefficient (Wildman–Crippen LogP) is 3.41. The second-order valence-electron chi connectivity index (χ2n) is 5.82. The van der Waals surface area contributed by atoms with E-state index in [9.17, 15) is 5.11 Å². The Morgan fingerprint density at radius 2 is 1.88 bits per heavy atom. The van der Waals surface area contributed by atoms with E-state index >= 15 is 0 Å². The van der Waals surface area contributed by atoms with E-state index in [0.29, 0.717) is 19.0 Å². The molecule has 0 saturated carbocycles. The number of nitrogens with zero attached hydrogens (tertiary/aromatic N) is 1. The molecule has 2 aromatic carbocycles. The Labute approximate surface area is 152 Å². The zero-order valence-corrected chi connectivity index (χ0v) is 15.7. The van der Waals surface area contributed by atoms with E-state index in [1.807, 2.05) is 61.5 Å². The lowest BCUT2D eigenvalue weighted by atomic mass is 9.96. The van der Waals surface area contributed by atoms with Crippen LogP contribution in [-0.4, -0.2) is 24.2 Å². The summed E-state index contributed by atoms with van der Waals surface area (Å²) >= 11 is 3.47. The third-order valence-electron chi connectivity index (χ3n) is 3.65. The molecule has 128 valence electrons. The average molecular weight is 390 g/mol. The highest BCUT2D eigenvalue weighted by molar-refractivity contribution is 9.10. The first-order valence-electron chi connectivity index (χ1n) is 8.06. The van der Waals surface area contributed by atoms with Crippen molar-refractivity contribution in [2.24, 2.45) is 4.99 Å². The van der Waals surface area contributed by atoms with Gasteiger partial charge in [-0.3, -0.25) is 0 Å². The summed E-state index contributed by atoms with van der Waals surface area (Å²) in [6, 6.07) is 17.7. The standard InChI is InChI=1S/C19H24BrN3O/c1-3-21-18(22-13-15-8-7-11-17(20)12-15)23-14-19(2,24)16-9-5-4-6-10-16/h4-12,24H,3,13-14H2,1-2H3,(H2,21,22,23). The van der Waals surface area contributed by atoms with Crippen molar-refractivity contribution in [3.05, 3.63) is 70.2 Å². The lowest BCUT2D eigenvalue weighted by molar-refractivity contribution is 0.0617. The monoisotopic (exact) mass is 389 g/mol. The summed E-state index contributed by atoms with van der Waals surface area (Å²) in [5.74, 6) is 0.689. The fraction of sp³-hybridized carbons (Fsp3) is 0.316. The second-order valence-corrected chi connectivity index (χ2v) is 6.73. The van der Waals surface area contributed by atoms with Crippen molar-refractivity contribution in [3.63, 3.8) is 0 Å². The summed E-state index contributed by atoms with van der Waals surface area (Å²) in [6.45, 7) is 5.53. The molecule has 3 N–H and O–H groups in total. The van der Waals surface area contributed by atoms with Crippen LogP contribution in [0.25, 0.3) is 0 Å². The molecule has 0 aliphatic heterocycles. The van der Waals surface area contributed by atoms with Crippen molar-refractivity contribution in [3.8, 4) is 0 Å². The van der Waals surface area contributed by atoms with Crippen LogP contribution in [0.1, 0.15) is 25.0 Å². The Morgan fingerprint density at radius 1 is 1.12 bits per heavy atom. The van der Waals surface area contributed by atoms with Crippen LogP contribution in [0.4, 0.5) is 0 Å². The van der Waals surface area contributed by atoms with Crippen LogP contribution in [0, 0.1) is 0 Å². The van der Waals surface area contributed by atoms with E-state index in [2.05, 4.69) is 31.6 Å². The lowest BCUT2D eigenvalue weighted by Gasteiger charge is -2.25. The number of hydrogen-bond donors (Lipinski definition) is 3. The van der Waals surface area contributed by atoms with Crippen LogP contribution in [0.2, 0.25) is 0 Å². The van der Waals surface area contributed by atoms with Crippen molar-refractivity contribution >= 4 is 21.9 Å². The fourth-order valence-corrected chi connectivity index (χ4v) is 2.75. The van der Waals surface area contributed by atoms with Crippen LogP contribution in [0.3, 0.4) is 0 Å². The van der Waals surface area contributed by atoms with Gasteiger partial charge in [0, 0.05) is 11.0 Å². The van der Waals surface area contributed by atoms with Crippen molar-refractivity contribution in [1.82, 2.24) is 10.6 Å². The SMILES string of the molecule is CCNC(=NCc1cccc(Br)c1)NCC(C)(O)c1ccccc1. The van der Waals surface area contributed by atoms with E-state index in [0.717, 1.165) is 22.1 Å². The number of aliphatic imine (C=N–C) groups is 1. The van der Waals surface area contributed by atoms with Gasteiger partial charge in [-0.15, -0.1) is 0 Å². The van der Waals surface area contributed by atoms with E-state index in [-0.39, 0.29) is 0 Å². The zero-order chi connectivity index (χ0) is 17.4. The number of benzene rings is 2. The first kappa shape index (κ1) is 18.5. The number of nitrogens with one attached hydrogen (secondary N) is 2. The Kier molecular flexibility index (Phi) is 6.82. The first-order valence-corrected chi connectivity index (χ1v) is 8.85. The molecule has 0 spiro atoms. The molecule has 0 aliphatic rings. The topological polar surface area (TPSA) is 56.7 Å². The number of rotatable bonds is 6. The lowest BCUT2D eigenvalue weighted by Crippen LogP contribution is -2.44. The van der Waals surface area contributed by atoms with Crippen molar-refractivity contribution in [2.45, 2.75) is 26.0 Å². The number of aliphatic hydroxyl groups is 1. The van der Waals surface area contributed by atoms with Gasteiger partial charge >= 0.3 is 0 Å². The largest absolute Gasteiger partial charge is 0.384 e. The Morgan fingerprint density at radius 3 is 2.54 bits per heavy atom. The third kappa shape index (κ3) is 5.65. The maximum Gasteiger partial charge on any atom is 0.191 e. The van der Waals surface area contributed by atoms with Crippen molar-refractivity contribution in [1.29, 1.82) is 0 Å². The Hall–Kier alpha value is -1.85. The van der Waals surface area contributed by atoms with Crippen LogP contribution >= 0.6 is 15.9 Å². The molecule has 2 rings (SSSR count). The summed E-state index contributed by atoms with van der Waals surface area (Å²) in [4.78, 5) is 4.58. The summed E-state index contributed by atoms with van der Waals surface area (Å²) in [5.41, 5.74) is 1.03. The molecule has 0 radical (unpaired) electrons. The molecule has 5 heteroatoms. The molecule has 0 fully saturated rings. The number of halogens is 1. The summed E-state index contributed by atoms with van der Waals surface area (Å²) in [5, 5.41) is 17.1. The van der Waals surface area contributed by atoms with Gasteiger partial charge in [0.2, 0.25) is 0 Å². The minimum absolute atomic E-state index is 0.376. The minimum atomic E-state index is -0.965. The summed E-state index contributed by atoms with van der Waals surface area (Å²) in [6.07, 6.45) is 0. The van der Waals surface area contributed by atoms with Gasteiger partial charge < -0.3 is 15.7 Å². The molecule has 1 atom stereocenters. The highest BCUT2D eigenvalue weighted by Crippen LogP contribution is 2.18. The van der Waals surface area contributed by atoms with Gasteiger partial charge in [0.05, 0.1) is 13.1 Å². The van der Waals surface area contributed by atoms with Gasteiger partial charge in [-0.1, -0.05) is 58.4 Å². The predicted molar refractivity (Wildman–Crippen MR) is 103 cm³/mol.